The summed E-state index contributed by atoms with van der Waals surface area (Å²) in [4.78, 5) is 11.9. The minimum Gasteiger partial charge on any atom is -0.311 e. The third-order valence-electron chi connectivity index (χ3n) is 3.82. The molecule has 0 saturated heterocycles. The fourth-order valence-corrected chi connectivity index (χ4v) is 4.67. The molecule has 1 aliphatic rings. The third-order valence-corrected chi connectivity index (χ3v) is 6.22. The highest BCUT2D eigenvalue weighted by Gasteiger charge is 2.48. The quantitative estimate of drug-likeness (QED) is 0.500. The first-order valence-corrected chi connectivity index (χ1v) is 8.44. The molecule has 0 aromatic rings. The average Bonchev–Trinajstić information content (AvgIpc) is 2.76. The SMILES string of the molecule is CCCCCC[C@H]1CCC(=O)[C@@H]1P(=O)(OC)OC. The number of unbranched alkanes of at least 4 members (excludes halogenated alkanes) is 3. The van der Waals surface area contributed by atoms with Crippen LogP contribution in [0.3, 0.4) is 0 Å². The molecule has 1 fully saturated rings. The van der Waals surface area contributed by atoms with Gasteiger partial charge in [-0.2, -0.15) is 0 Å². The molecule has 0 aliphatic heterocycles. The molecule has 0 unspecified atom stereocenters. The lowest BCUT2D eigenvalue weighted by atomic mass is 9.99. The third kappa shape index (κ3) is 3.66. The van der Waals surface area contributed by atoms with Gasteiger partial charge in [0, 0.05) is 20.6 Å². The first-order valence-electron chi connectivity index (χ1n) is 6.83. The van der Waals surface area contributed by atoms with Gasteiger partial charge in [0.1, 0.15) is 11.4 Å². The van der Waals surface area contributed by atoms with E-state index in [4.69, 9.17) is 9.05 Å². The lowest BCUT2D eigenvalue weighted by molar-refractivity contribution is -0.117. The van der Waals surface area contributed by atoms with E-state index in [0.29, 0.717) is 6.42 Å². The largest absolute Gasteiger partial charge is 0.340 e. The highest BCUT2D eigenvalue weighted by molar-refractivity contribution is 7.55. The summed E-state index contributed by atoms with van der Waals surface area (Å²) < 4.78 is 22.4. The van der Waals surface area contributed by atoms with E-state index >= 15 is 0 Å². The van der Waals surface area contributed by atoms with E-state index in [1.807, 2.05) is 0 Å². The minimum atomic E-state index is -3.25. The molecule has 1 saturated carbocycles. The molecule has 0 amide bonds. The van der Waals surface area contributed by atoms with Crippen LogP contribution in [0.2, 0.25) is 0 Å². The molecule has 0 radical (unpaired) electrons. The van der Waals surface area contributed by atoms with Crippen LogP contribution in [0.5, 0.6) is 0 Å². The Morgan fingerprint density at radius 3 is 2.44 bits per heavy atom. The zero-order valence-corrected chi connectivity index (χ0v) is 12.6. The first kappa shape index (κ1) is 15.9. The van der Waals surface area contributed by atoms with Crippen LogP contribution < -0.4 is 0 Å². The Morgan fingerprint density at radius 2 is 1.89 bits per heavy atom. The van der Waals surface area contributed by atoms with Crippen molar-refractivity contribution in [3.8, 4) is 0 Å². The maximum Gasteiger partial charge on any atom is 0.340 e. The van der Waals surface area contributed by atoms with Crippen molar-refractivity contribution in [2.45, 2.75) is 57.5 Å². The number of ketones is 1. The normalized spacial score (nSPS) is 24.7. The standard InChI is InChI=1S/C13H25O4P/c1-4-5-6-7-8-11-9-10-12(14)13(11)18(15,16-2)17-3/h11,13H,4-10H2,1-3H3/t11-,13+/m0/s1. The van der Waals surface area contributed by atoms with Gasteiger partial charge >= 0.3 is 7.60 Å². The molecule has 18 heavy (non-hydrogen) atoms. The summed E-state index contributed by atoms with van der Waals surface area (Å²) in [5, 5.41) is 0. The average molecular weight is 276 g/mol. The smallest absolute Gasteiger partial charge is 0.311 e. The maximum absolute atomic E-state index is 12.4. The lowest BCUT2D eigenvalue weighted by Gasteiger charge is -2.24. The predicted octanol–water partition coefficient (Wildman–Crippen LogP) is 3.79. The van der Waals surface area contributed by atoms with E-state index in [2.05, 4.69) is 6.92 Å². The van der Waals surface area contributed by atoms with E-state index in [1.54, 1.807) is 0 Å². The van der Waals surface area contributed by atoms with Crippen LogP contribution in [0, 0.1) is 5.92 Å². The summed E-state index contributed by atoms with van der Waals surface area (Å²) in [6.07, 6.45) is 6.98. The second-order valence-corrected chi connectivity index (χ2v) is 7.33. The van der Waals surface area contributed by atoms with Gasteiger partial charge in [0.05, 0.1) is 0 Å². The summed E-state index contributed by atoms with van der Waals surface area (Å²) in [5.41, 5.74) is -0.533. The van der Waals surface area contributed by atoms with Crippen molar-refractivity contribution in [3.05, 3.63) is 0 Å². The van der Waals surface area contributed by atoms with Gasteiger partial charge in [-0.15, -0.1) is 0 Å². The van der Waals surface area contributed by atoms with Crippen LogP contribution in [0.15, 0.2) is 0 Å². The number of hydrogen-bond acceptors (Lipinski definition) is 4. The maximum atomic E-state index is 12.4. The molecule has 0 heterocycles. The van der Waals surface area contributed by atoms with Crippen LogP contribution in [0.25, 0.3) is 0 Å². The molecule has 4 nitrogen and oxygen atoms in total. The van der Waals surface area contributed by atoms with Gasteiger partial charge in [0.15, 0.2) is 0 Å². The highest BCUT2D eigenvalue weighted by Crippen LogP contribution is 2.58. The van der Waals surface area contributed by atoms with E-state index in [-0.39, 0.29) is 11.7 Å². The Labute approximate surface area is 110 Å². The highest BCUT2D eigenvalue weighted by atomic mass is 31.2. The van der Waals surface area contributed by atoms with E-state index in [0.717, 1.165) is 19.3 Å². The summed E-state index contributed by atoms with van der Waals surface area (Å²) in [7, 11) is -0.516. The van der Waals surface area contributed by atoms with Crippen molar-refractivity contribution in [1.82, 2.24) is 0 Å². The molecular formula is C13H25O4P. The monoisotopic (exact) mass is 276 g/mol. The van der Waals surface area contributed by atoms with Gasteiger partial charge in [-0.3, -0.25) is 9.36 Å². The summed E-state index contributed by atoms with van der Waals surface area (Å²) in [6, 6.07) is 0. The van der Waals surface area contributed by atoms with Crippen LogP contribution in [-0.4, -0.2) is 25.7 Å². The van der Waals surface area contributed by atoms with Gasteiger partial charge in [-0.25, -0.2) is 0 Å². The second kappa shape index (κ2) is 7.42. The van der Waals surface area contributed by atoms with Crippen molar-refractivity contribution < 1.29 is 18.4 Å². The fourth-order valence-electron chi connectivity index (χ4n) is 2.77. The first-order chi connectivity index (χ1) is 8.59. The summed E-state index contributed by atoms with van der Waals surface area (Å²) >= 11 is 0. The molecule has 0 bridgehead atoms. The van der Waals surface area contributed by atoms with Crippen LogP contribution in [0.4, 0.5) is 0 Å². The van der Waals surface area contributed by atoms with Crippen LogP contribution in [-0.2, 0) is 18.4 Å². The second-order valence-electron chi connectivity index (χ2n) is 4.96. The van der Waals surface area contributed by atoms with Crippen molar-refractivity contribution in [3.63, 3.8) is 0 Å². The zero-order chi connectivity index (χ0) is 13.6. The topological polar surface area (TPSA) is 52.6 Å². The predicted molar refractivity (Wildman–Crippen MR) is 71.9 cm³/mol. The van der Waals surface area contributed by atoms with E-state index in [1.165, 1.54) is 33.5 Å². The molecule has 1 rings (SSSR count). The van der Waals surface area contributed by atoms with Crippen molar-refractivity contribution >= 4 is 13.4 Å². The van der Waals surface area contributed by atoms with Gasteiger partial charge in [0.2, 0.25) is 0 Å². The molecule has 5 heteroatoms. The Morgan fingerprint density at radius 1 is 1.22 bits per heavy atom. The fraction of sp³-hybridized carbons (Fsp3) is 0.923. The van der Waals surface area contributed by atoms with Crippen LogP contribution in [0.1, 0.15) is 51.9 Å². The zero-order valence-electron chi connectivity index (χ0n) is 11.7. The molecule has 106 valence electrons. The lowest BCUT2D eigenvalue weighted by Crippen LogP contribution is -2.23. The molecule has 1 aliphatic carbocycles. The molecule has 0 aromatic heterocycles. The van der Waals surface area contributed by atoms with Crippen molar-refractivity contribution in [2.24, 2.45) is 5.92 Å². The molecule has 0 spiro atoms. The van der Waals surface area contributed by atoms with Gasteiger partial charge in [0.25, 0.3) is 0 Å². The number of carbonyl (C=O) groups is 1. The number of rotatable bonds is 8. The Balaban J connectivity index is 2.61. The van der Waals surface area contributed by atoms with Gasteiger partial charge in [-0.05, 0) is 18.8 Å². The number of hydrogen-bond donors (Lipinski definition) is 0. The Kier molecular flexibility index (Phi) is 6.54. The number of carbonyl (C=O) groups excluding carboxylic acids is 1. The summed E-state index contributed by atoms with van der Waals surface area (Å²) in [6.45, 7) is 2.17. The molecular weight excluding hydrogens is 251 g/mol. The van der Waals surface area contributed by atoms with Gasteiger partial charge in [-0.1, -0.05) is 32.6 Å². The van der Waals surface area contributed by atoms with Gasteiger partial charge < -0.3 is 9.05 Å². The van der Waals surface area contributed by atoms with E-state index < -0.39 is 13.3 Å². The number of Topliss-reactive ketones (excluding diaryl/α,β-unsaturated/α-hetero) is 1. The minimum absolute atomic E-state index is 0.0440. The molecule has 0 aromatic carbocycles. The van der Waals surface area contributed by atoms with Crippen molar-refractivity contribution in [1.29, 1.82) is 0 Å². The molecule has 2 atom stereocenters. The Bertz CT molecular complexity index is 308. The van der Waals surface area contributed by atoms with E-state index in [9.17, 15) is 9.36 Å². The Hall–Kier alpha value is -0.180. The van der Waals surface area contributed by atoms with Crippen molar-refractivity contribution in [2.75, 3.05) is 14.2 Å². The van der Waals surface area contributed by atoms with Crippen LogP contribution >= 0.6 is 7.60 Å². The molecule has 0 N–H and O–H groups in total. The summed E-state index contributed by atoms with van der Waals surface area (Å²) in [5.74, 6) is 0.211.